The summed E-state index contributed by atoms with van der Waals surface area (Å²) >= 11 is 4.18. The summed E-state index contributed by atoms with van der Waals surface area (Å²) in [7, 11) is 0. The van der Waals surface area contributed by atoms with E-state index in [4.69, 9.17) is 10.8 Å². The zero-order chi connectivity index (χ0) is 8.27. The van der Waals surface area contributed by atoms with Crippen LogP contribution < -0.4 is 5.73 Å². The number of rotatable bonds is 2. The van der Waals surface area contributed by atoms with Crippen LogP contribution in [0.3, 0.4) is 0 Å². The quantitative estimate of drug-likeness (QED) is 0.453. The summed E-state index contributed by atoms with van der Waals surface area (Å²) in [4.78, 5) is 0.791. The Balaban J connectivity index is 2.90. The van der Waals surface area contributed by atoms with Crippen molar-refractivity contribution in [2.45, 2.75) is 11.3 Å². The van der Waals surface area contributed by atoms with E-state index in [1.165, 1.54) is 0 Å². The summed E-state index contributed by atoms with van der Waals surface area (Å²) in [6.07, 6.45) is 0.582. The van der Waals surface area contributed by atoms with Gasteiger partial charge in [-0.1, -0.05) is 0 Å². The van der Waals surface area contributed by atoms with Crippen molar-refractivity contribution in [2.75, 3.05) is 12.3 Å². The zero-order valence-corrected chi connectivity index (χ0v) is 6.94. The van der Waals surface area contributed by atoms with Gasteiger partial charge in [0.05, 0.1) is 0 Å². The molecule has 0 atom stereocenters. The highest BCUT2D eigenvalue weighted by molar-refractivity contribution is 7.80. The van der Waals surface area contributed by atoms with E-state index in [9.17, 15) is 0 Å². The van der Waals surface area contributed by atoms with E-state index in [2.05, 4.69) is 18.7 Å². The molecule has 0 heterocycles. The lowest BCUT2D eigenvalue weighted by molar-refractivity contribution is 0.299. The zero-order valence-electron chi connectivity index (χ0n) is 6.04. The second-order valence-electron chi connectivity index (χ2n) is 2.27. The van der Waals surface area contributed by atoms with Crippen LogP contribution in [-0.4, -0.2) is 11.7 Å². The van der Waals surface area contributed by atoms with Crippen molar-refractivity contribution in [3.8, 4) is 0 Å². The van der Waals surface area contributed by atoms with Crippen LogP contribution in [0.4, 0.5) is 5.69 Å². The number of thiol groups is 1. The van der Waals surface area contributed by atoms with Crippen molar-refractivity contribution >= 4 is 18.3 Å². The summed E-state index contributed by atoms with van der Waals surface area (Å²) in [5.74, 6) is 0. The van der Waals surface area contributed by atoms with Gasteiger partial charge >= 0.3 is 0 Å². The van der Waals surface area contributed by atoms with E-state index < -0.39 is 0 Å². The molecular formula is C8H10NOS. The fourth-order valence-electron chi connectivity index (χ4n) is 0.843. The van der Waals surface area contributed by atoms with Gasteiger partial charge in [-0.25, -0.2) is 0 Å². The van der Waals surface area contributed by atoms with E-state index in [1.54, 1.807) is 12.1 Å². The van der Waals surface area contributed by atoms with Gasteiger partial charge in [0.2, 0.25) is 0 Å². The molecule has 0 aromatic heterocycles. The Morgan fingerprint density at radius 1 is 1.64 bits per heavy atom. The van der Waals surface area contributed by atoms with E-state index in [-0.39, 0.29) is 6.61 Å². The van der Waals surface area contributed by atoms with Crippen molar-refractivity contribution in [1.82, 2.24) is 0 Å². The first kappa shape index (κ1) is 8.43. The first-order chi connectivity index (χ1) is 5.24. The molecule has 2 nitrogen and oxygen atoms in total. The maximum absolute atomic E-state index is 8.63. The topological polar surface area (TPSA) is 46.2 Å². The van der Waals surface area contributed by atoms with E-state index in [1.807, 2.05) is 0 Å². The van der Waals surface area contributed by atoms with Crippen LogP contribution in [0.5, 0.6) is 0 Å². The van der Waals surface area contributed by atoms with Crippen LogP contribution in [0.15, 0.2) is 17.0 Å². The van der Waals surface area contributed by atoms with Crippen LogP contribution in [0.2, 0.25) is 0 Å². The van der Waals surface area contributed by atoms with Crippen LogP contribution in [0.25, 0.3) is 0 Å². The van der Waals surface area contributed by atoms with Crippen LogP contribution in [0.1, 0.15) is 5.56 Å². The average Bonchev–Trinajstić information content (AvgIpc) is 1.95. The summed E-state index contributed by atoms with van der Waals surface area (Å²) in [5, 5.41) is 8.63. The predicted molar refractivity (Wildman–Crippen MR) is 47.7 cm³/mol. The Morgan fingerprint density at radius 3 is 2.91 bits per heavy atom. The number of aliphatic hydroxyl groups is 1. The number of hydrogen-bond acceptors (Lipinski definition) is 3. The highest BCUT2D eigenvalue weighted by Crippen LogP contribution is 2.16. The molecule has 0 saturated carbocycles. The Hall–Kier alpha value is -0.670. The maximum atomic E-state index is 8.63. The normalized spacial score (nSPS) is 10.0. The van der Waals surface area contributed by atoms with E-state index >= 15 is 0 Å². The molecule has 0 aliphatic carbocycles. The smallest absolute Gasteiger partial charge is 0.0472 e. The predicted octanol–water partition coefficient (Wildman–Crippen LogP) is 0.892. The third-order valence-electron chi connectivity index (χ3n) is 1.39. The number of anilines is 1. The van der Waals surface area contributed by atoms with Crippen molar-refractivity contribution < 1.29 is 5.11 Å². The molecule has 0 fully saturated rings. The van der Waals surface area contributed by atoms with Crippen molar-refractivity contribution in [3.63, 3.8) is 0 Å². The molecule has 0 aliphatic rings. The summed E-state index contributed by atoms with van der Waals surface area (Å²) < 4.78 is 0. The number of aliphatic hydroxyl groups excluding tert-OH is 1. The Kier molecular flexibility index (Phi) is 2.79. The van der Waals surface area contributed by atoms with Gasteiger partial charge in [-0.05, 0) is 30.2 Å². The van der Waals surface area contributed by atoms with Crippen molar-refractivity contribution in [3.05, 3.63) is 23.8 Å². The van der Waals surface area contributed by atoms with Crippen LogP contribution in [-0.2, 0) is 6.42 Å². The maximum Gasteiger partial charge on any atom is 0.0472 e. The molecule has 1 radical (unpaired) electrons. The number of nitrogen functional groups attached to an aromatic ring is 1. The van der Waals surface area contributed by atoms with Gasteiger partial charge in [0.25, 0.3) is 0 Å². The molecule has 1 aromatic rings. The molecule has 11 heavy (non-hydrogen) atoms. The fourth-order valence-corrected chi connectivity index (χ4v) is 1.17. The van der Waals surface area contributed by atoms with Gasteiger partial charge in [0, 0.05) is 17.2 Å². The van der Waals surface area contributed by atoms with Gasteiger partial charge in [0.1, 0.15) is 0 Å². The van der Waals surface area contributed by atoms with Gasteiger partial charge < -0.3 is 10.8 Å². The Labute approximate surface area is 71.5 Å². The highest BCUT2D eigenvalue weighted by Gasteiger charge is 1.97. The van der Waals surface area contributed by atoms with Gasteiger partial charge in [-0.2, -0.15) is 0 Å². The molecule has 0 unspecified atom stereocenters. The molecule has 0 bridgehead atoms. The molecule has 1 rings (SSSR count). The minimum Gasteiger partial charge on any atom is -0.399 e. The van der Waals surface area contributed by atoms with Gasteiger partial charge in [-0.15, -0.1) is 12.6 Å². The molecule has 0 spiro atoms. The highest BCUT2D eigenvalue weighted by atomic mass is 32.1. The largest absolute Gasteiger partial charge is 0.399 e. The lowest BCUT2D eigenvalue weighted by atomic mass is 10.1. The standard InChI is InChI=1S/C8H10NOS/c9-7-2-1-6(3-4-10)8(11)5-7/h2,5,10-11H,3-4,9H2. The lowest BCUT2D eigenvalue weighted by Gasteiger charge is -2.02. The van der Waals surface area contributed by atoms with E-state index in [0.29, 0.717) is 12.1 Å². The fraction of sp³-hybridized carbons (Fsp3) is 0.250. The SMILES string of the molecule is Nc1c[c]c(CCO)c(S)c1. The third kappa shape index (κ3) is 2.13. The number of benzene rings is 1. The van der Waals surface area contributed by atoms with Gasteiger partial charge in [0.15, 0.2) is 0 Å². The van der Waals surface area contributed by atoms with Gasteiger partial charge in [-0.3, -0.25) is 0 Å². The minimum absolute atomic E-state index is 0.119. The molecule has 0 saturated heterocycles. The first-order valence-electron chi connectivity index (χ1n) is 3.34. The molecular weight excluding hydrogens is 158 g/mol. The molecule has 0 amide bonds. The molecule has 3 N–H and O–H groups in total. The van der Waals surface area contributed by atoms with Crippen molar-refractivity contribution in [2.24, 2.45) is 0 Å². The second kappa shape index (κ2) is 3.64. The third-order valence-corrected chi connectivity index (χ3v) is 1.79. The van der Waals surface area contributed by atoms with Crippen molar-refractivity contribution in [1.29, 1.82) is 0 Å². The lowest BCUT2D eigenvalue weighted by Crippen LogP contribution is -1.94. The molecule has 59 valence electrons. The van der Waals surface area contributed by atoms with Crippen LogP contribution >= 0.6 is 12.6 Å². The summed E-state index contributed by atoms with van der Waals surface area (Å²) in [6, 6.07) is 6.38. The number of hydrogen-bond donors (Lipinski definition) is 3. The van der Waals surface area contributed by atoms with Crippen LogP contribution in [0, 0.1) is 6.07 Å². The number of nitrogens with two attached hydrogens (primary N) is 1. The minimum atomic E-state index is 0.119. The molecule has 1 aromatic carbocycles. The average molecular weight is 168 g/mol. The Bertz CT molecular complexity index is 250. The van der Waals surface area contributed by atoms with E-state index in [0.717, 1.165) is 10.5 Å². The first-order valence-corrected chi connectivity index (χ1v) is 3.78. The molecule has 3 heteroatoms. The molecule has 0 aliphatic heterocycles. The summed E-state index contributed by atoms with van der Waals surface area (Å²) in [6.45, 7) is 0.119. The Morgan fingerprint density at radius 2 is 2.36 bits per heavy atom. The monoisotopic (exact) mass is 168 g/mol. The second-order valence-corrected chi connectivity index (χ2v) is 2.75. The summed E-state index contributed by atoms with van der Waals surface area (Å²) in [5.41, 5.74) is 7.04.